The molecule has 72 valence electrons. The van der Waals surface area contributed by atoms with E-state index in [-0.39, 0.29) is 17.0 Å². The summed E-state index contributed by atoms with van der Waals surface area (Å²) >= 11 is 5.48. The molecule has 0 amide bonds. The molecule has 0 aliphatic carbocycles. The van der Waals surface area contributed by atoms with Gasteiger partial charge < -0.3 is 4.52 Å². The van der Waals surface area contributed by atoms with Crippen LogP contribution in [0.2, 0.25) is 5.28 Å². The summed E-state index contributed by atoms with van der Waals surface area (Å²) in [6.07, 6.45) is 0. The summed E-state index contributed by atoms with van der Waals surface area (Å²) in [6, 6.07) is 4.48. The third-order valence-electron chi connectivity index (χ3n) is 1.69. The lowest BCUT2D eigenvalue weighted by Gasteiger charge is -1.96. The molecule has 0 saturated carbocycles. The Morgan fingerprint density at radius 1 is 1.36 bits per heavy atom. The van der Waals surface area contributed by atoms with Crippen molar-refractivity contribution in [2.24, 2.45) is 0 Å². The van der Waals surface area contributed by atoms with Gasteiger partial charge >= 0.3 is 0 Å². The summed E-state index contributed by atoms with van der Waals surface area (Å²) < 4.78 is 17.8. The summed E-state index contributed by atoms with van der Waals surface area (Å²) in [5.74, 6) is -0.119. The quantitative estimate of drug-likeness (QED) is 0.730. The molecule has 0 saturated heterocycles. The zero-order valence-corrected chi connectivity index (χ0v) is 8.05. The number of hydrogen-bond acceptors (Lipinski definition) is 3. The second kappa shape index (κ2) is 3.38. The Bertz CT molecular complexity index is 449. The van der Waals surface area contributed by atoms with Crippen molar-refractivity contribution in [2.45, 2.75) is 6.92 Å². The van der Waals surface area contributed by atoms with E-state index in [2.05, 4.69) is 10.1 Å². The lowest BCUT2D eigenvalue weighted by Crippen LogP contribution is -1.83. The number of benzene rings is 1. The van der Waals surface area contributed by atoms with E-state index in [0.29, 0.717) is 5.56 Å². The van der Waals surface area contributed by atoms with Crippen molar-refractivity contribution in [2.75, 3.05) is 0 Å². The van der Waals surface area contributed by atoms with E-state index in [1.807, 2.05) is 0 Å². The van der Waals surface area contributed by atoms with Crippen LogP contribution in [0.15, 0.2) is 22.7 Å². The summed E-state index contributed by atoms with van der Waals surface area (Å²) in [5.41, 5.74) is 1.32. The first-order valence-corrected chi connectivity index (χ1v) is 4.30. The molecular formula is C9H6ClFN2O. The van der Waals surface area contributed by atoms with Gasteiger partial charge in [-0.15, -0.1) is 0 Å². The number of nitrogens with zero attached hydrogens (tertiary/aromatic N) is 2. The predicted molar refractivity (Wildman–Crippen MR) is 49.4 cm³/mol. The topological polar surface area (TPSA) is 38.9 Å². The molecular weight excluding hydrogens is 207 g/mol. The first kappa shape index (κ1) is 9.15. The second-order valence-electron chi connectivity index (χ2n) is 2.89. The van der Waals surface area contributed by atoms with Gasteiger partial charge in [-0.3, -0.25) is 0 Å². The van der Waals surface area contributed by atoms with Crippen LogP contribution >= 0.6 is 11.6 Å². The molecule has 14 heavy (non-hydrogen) atoms. The van der Waals surface area contributed by atoms with E-state index in [1.54, 1.807) is 13.0 Å². The van der Waals surface area contributed by atoms with Crippen LogP contribution in [0.1, 0.15) is 5.56 Å². The fourth-order valence-corrected chi connectivity index (χ4v) is 1.29. The smallest absolute Gasteiger partial charge is 0.264 e. The summed E-state index contributed by atoms with van der Waals surface area (Å²) in [4.78, 5) is 3.78. The molecule has 0 bridgehead atoms. The van der Waals surface area contributed by atoms with Gasteiger partial charge in [-0.2, -0.15) is 4.98 Å². The lowest BCUT2D eigenvalue weighted by atomic mass is 10.1. The van der Waals surface area contributed by atoms with Crippen LogP contribution in [0.4, 0.5) is 4.39 Å². The van der Waals surface area contributed by atoms with Crippen LogP contribution in [0.3, 0.4) is 0 Å². The van der Waals surface area contributed by atoms with Crippen molar-refractivity contribution in [3.05, 3.63) is 34.9 Å². The van der Waals surface area contributed by atoms with Crippen LogP contribution in [0.25, 0.3) is 11.5 Å². The van der Waals surface area contributed by atoms with Gasteiger partial charge in [0.15, 0.2) is 0 Å². The van der Waals surface area contributed by atoms with Gasteiger partial charge in [-0.25, -0.2) is 4.39 Å². The molecule has 0 fully saturated rings. The van der Waals surface area contributed by atoms with Gasteiger partial charge in [0.25, 0.3) is 11.2 Å². The Kier molecular flexibility index (Phi) is 2.21. The molecule has 0 aliphatic rings. The van der Waals surface area contributed by atoms with Crippen LogP contribution < -0.4 is 0 Å². The Labute approximate surface area is 84.5 Å². The van der Waals surface area contributed by atoms with Crippen LogP contribution in [0, 0.1) is 12.7 Å². The van der Waals surface area contributed by atoms with Crippen LogP contribution in [0.5, 0.6) is 0 Å². The average molecular weight is 213 g/mol. The Morgan fingerprint density at radius 3 is 2.71 bits per heavy atom. The molecule has 0 N–H and O–H groups in total. The second-order valence-corrected chi connectivity index (χ2v) is 3.22. The highest BCUT2D eigenvalue weighted by molar-refractivity contribution is 6.28. The largest absolute Gasteiger partial charge is 0.333 e. The maximum Gasteiger partial charge on any atom is 0.264 e. The number of rotatable bonds is 1. The third-order valence-corrected chi connectivity index (χ3v) is 1.84. The number of aryl methyl sites for hydroxylation is 1. The minimum Gasteiger partial charge on any atom is -0.333 e. The van der Waals surface area contributed by atoms with Crippen molar-refractivity contribution >= 4 is 11.6 Å². The average Bonchev–Trinajstić information content (AvgIpc) is 2.50. The van der Waals surface area contributed by atoms with Crippen LogP contribution in [-0.4, -0.2) is 10.1 Å². The maximum atomic E-state index is 13.0. The molecule has 1 aromatic carbocycles. The van der Waals surface area contributed by atoms with E-state index >= 15 is 0 Å². The normalized spacial score (nSPS) is 10.5. The monoisotopic (exact) mass is 212 g/mol. The highest BCUT2D eigenvalue weighted by Crippen LogP contribution is 2.20. The van der Waals surface area contributed by atoms with Gasteiger partial charge in [-0.05, 0) is 47.4 Å². The van der Waals surface area contributed by atoms with Crippen molar-refractivity contribution in [1.82, 2.24) is 10.1 Å². The standard InChI is InChI=1S/C9H6ClFN2O/c1-5-2-6(4-7(11)3-5)8-12-9(10)13-14-8/h2-4H,1H3. The molecule has 2 aromatic rings. The summed E-state index contributed by atoms with van der Waals surface area (Å²) in [5, 5.41) is 3.42. The van der Waals surface area contributed by atoms with E-state index in [9.17, 15) is 4.39 Å². The summed E-state index contributed by atoms with van der Waals surface area (Å²) in [7, 11) is 0. The van der Waals surface area contributed by atoms with E-state index in [1.165, 1.54) is 12.1 Å². The van der Waals surface area contributed by atoms with E-state index in [4.69, 9.17) is 16.1 Å². The molecule has 0 spiro atoms. The molecule has 1 heterocycles. The maximum absolute atomic E-state index is 13.0. The van der Waals surface area contributed by atoms with Crippen LogP contribution in [-0.2, 0) is 0 Å². The molecule has 0 radical (unpaired) electrons. The Hall–Kier alpha value is -1.42. The molecule has 2 rings (SSSR count). The zero-order chi connectivity index (χ0) is 10.1. The minimum absolute atomic E-state index is 0.0157. The Balaban J connectivity index is 2.51. The molecule has 1 aromatic heterocycles. The third kappa shape index (κ3) is 1.75. The lowest BCUT2D eigenvalue weighted by molar-refractivity contribution is 0.430. The van der Waals surface area contributed by atoms with Gasteiger partial charge in [-0.1, -0.05) is 0 Å². The van der Waals surface area contributed by atoms with E-state index < -0.39 is 0 Å². The van der Waals surface area contributed by atoms with Crippen molar-refractivity contribution < 1.29 is 8.91 Å². The number of hydrogen-bond donors (Lipinski definition) is 0. The first-order valence-electron chi connectivity index (χ1n) is 3.92. The van der Waals surface area contributed by atoms with Gasteiger partial charge in [0, 0.05) is 5.56 Å². The number of halogens is 2. The molecule has 3 nitrogen and oxygen atoms in total. The minimum atomic E-state index is -0.339. The molecule has 0 atom stereocenters. The number of aromatic nitrogens is 2. The molecule has 0 unspecified atom stereocenters. The Morgan fingerprint density at radius 2 is 2.14 bits per heavy atom. The zero-order valence-electron chi connectivity index (χ0n) is 7.29. The predicted octanol–water partition coefficient (Wildman–Crippen LogP) is 2.84. The molecule has 5 heteroatoms. The van der Waals surface area contributed by atoms with Crippen molar-refractivity contribution in [3.8, 4) is 11.5 Å². The summed E-state index contributed by atoms with van der Waals surface area (Å²) in [6.45, 7) is 1.78. The van der Waals surface area contributed by atoms with Gasteiger partial charge in [0.1, 0.15) is 5.82 Å². The van der Waals surface area contributed by atoms with Gasteiger partial charge in [0.2, 0.25) is 0 Å². The van der Waals surface area contributed by atoms with Gasteiger partial charge in [0.05, 0.1) is 0 Å². The van der Waals surface area contributed by atoms with E-state index in [0.717, 1.165) is 5.56 Å². The first-order chi connectivity index (χ1) is 6.65. The SMILES string of the molecule is Cc1cc(F)cc(-c2nc(Cl)no2)c1. The van der Waals surface area contributed by atoms with Crippen molar-refractivity contribution in [1.29, 1.82) is 0 Å². The highest BCUT2D eigenvalue weighted by Gasteiger charge is 2.08. The fourth-order valence-electron chi connectivity index (χ4n) is 1.18. The molecule has 0 aliphatic heterocycles. The highest BCUT2D eigenvalue weighted by atomic mass is 35.5. The fraction of sp³-hybridized carbons (Fsp3) is 0.111. The van der Waals surface area contributed by atoms with Crippen molar-refractivity contribution in [3.63, 3.8) is 0 Å².